The summed E-state index contributed by atoms with van der Waals surface area (Å²) in [4.78, 5) is 50.9. The Hall–Kier alpha value is -4.29. The van der Waals surface area contributed by atoms with E-state index in [1.54, 1.807) is 0 Å². The molecule has 1 amide bonds. The molecule has 2 aromatic carbocycles. The van der Waals surface area contributed by atoms with Gasteiger partial charge in [0.05, 0.1) is 6.54 Å². The predicted molar refractivity (Wildman–Crippen MR) is 128 cm³/mol. The van der Waals surface area contributed by atoms with E-state index in [1.807, 2.05) is 37.3 Å². The summed E-state index contributed by atoms with van der Waals surface area (Å²) in [6.07, 6.45) is 1.09. The summed E-state index contributed by atoms with van der Waals surface area (Å²) in [7, 11) is 0. The number of carbonyl (C=O) groups excluding carboxylic acids is 1. The van der Waals surface area contributed by atoms with E-state index in [0.717, 1.165) is 31.7 Å². The van der Waals surface area contributed by atoms with Gasteiger partial charge < -0.3 is 31.1 Å². The Balaban J connectivity index is 0.000000450. The molecule has 36 heavy (non-hydrogen) atoms. The standard InChI is InChI=1S/C20H25N3O.2C2H2O4/c1-16-7-9-18(10-8-16)22-20(24)13-21-19-11-12-23(15-19)14-17-5-3-2-4-6-17;2*3-1(4)2(5)6/h2-10,19,21H,11-15H2,1H3,(H,22,24);2*(H,3,4)(H,5,6). The van der Waals surface area contributed by atoms with Crippen LogP contribution in [0.1, 0.15) is 17.5 Å². The van der Waals surface area contributed by atoms with Gasteiger partial charge >= 0.3 is 23.9 Å². The number of nitrogens with zero attached hydrogens (tertiary/aromatic N) is 1. The first-order valence-electron chi connectivity index (χ1n) is 10.8. The minimum Gasteiger partial charge on any atom is -0.473 e. The molecule has 1 aliphatic rings. The molecule has 12 heteroatoms. The number of benzene rings is 2. The summed E-state index contributed by atoms with van der Waals surface area (Å²) in [5, 5.41) is 35.9. The summed E-state index contributed by atoms with van der Waals surface area (Å²) < 4.78 is 0. The lowest BCUT2D eigenvalue weighted by molar-refractivity contribution is -0.159. The van der Waals surface area contributed by atoms with Gasteiger partial charge in [-0.2, -0.15) is 0 Å². The summed E-state index contributed by atoms with van der Waals surface area (Å²) in [5.41, 5.74) is 3.38. The van der Waals surface area contributed by atoms with Gasteiger partial charge in [-0.25, -0.2) is 19.2 Å². The second kappa shape index (κ2) is 15.6. The van der Waals surface area contributed by atoms with Crippen molar-refractivity contribution < 1.29 is 44.4 Å². The fraction of sp³-hybridized carbons (Fsp3) is 0.292. The van der Waals surface area contributed by atoms with Crippen molar-refractivity contribution in [3.05, 3.63) is 65.7 Å². The number of amides is 1. The molecule has 12 nitrogen and oxygen atoms in total. The topological polar surface area (TPSA) is 194 Å². The number of carboxylic acid groups (broad SMARTS) is 4. The van der Waals surface area contributed by atoms with E-state index < -0.39 is 23.9 Å². The third-order valence-electron chi connectivity index (χ3n) is 4.77. The van der Waals surface area contributed by atoms with Crippen LogP contribution in [0.5, 0.6) is 0 Å². The van der Waals surface area contributed by atoms with Crippen molar-refractivity contribution in [2.45, 2.75) is 25.9 Å². The van der Waals surface area contributed by atoms with Crippen LogP contribution in [0, 0.1) is 6.92 Å². The average Bonchev–Trinajstić information content (AvgIpc) is 3.28. The highest BCUT2D eigenvalue weighted by Gasteiger charge is 2.22. The first-order valence-corrected chi connectivity index (χ1v) is 10.8. The van der Waals surface area contributed by atoms with E-state index in [1.165, 1.54) is 11.1 Å². The Kier molecular flexibility index (Phi) is 12.9. The number of carboxylic acids is 4. The number of hydrogen-bond acceptors (Lipinski definition) is 7. The van der Waals surface area contributed by atoms with Gasteiger partial charge in [0.2, 0.25) is 5.91 Å². The maximum absolute atomic E-state index is 12.0. The van der Waals surface area contributed by atoms with Crippen LogP contribution in [-0.2, 0) is 30.5 Å². The number of carbonyl (C=O) groups is 5. The van der Waals surface area contributed by atoms with Crippen LogP contribution in [0.25, 0.3) is 0 Å². The van der Waals surface area contributed by atoms with Crippen molar-refractivity contribution in [2.24, 2.45) is 0 Å². The number of anilines is 1. The zero-order valence-corrected chi connectivity index (χ0v) is 19.6. The lowest BCUT2D eigenvalue weighted by Gasteiger charge is -2.16. The van der Waals surface area contributed by atoms with Gasteiger partial charge in [-0.1, -0.05) is 48.0 Å². The molecule has 0 saturated carbocycles. The van der Waals surface area contributed by atoms with Crippen LogP contribution in [0.3, 0.4) is 0 Å². The van der Waals surface area contributed by atoms with Crippen molar-refractivity contribution in [1.29, 1.82) is 0 Å². The van der Waals surface area contributed by atoms with Crippen LogP contribution in [0.4, 0.5) is 5.69 Å². The summed E-state index contributed by atoms with van der Waals surface area (Å²) in [6, 6.07) is 18.8. The monoisotopic (exact) mass is 503 g/mol. The van der Waals surface area contributed by atoms with Crippen LogP contribution < -0.4 is 10.6 Å². The second-order valence-electron chi connectivity index (χ2n) is 7.72. The van der Waals surface area contributed by atoms with Gasteiger partial charge in [-0.05, 0) is 31.0 Å². The van der Waals surface area contributed by atoms with E-state index in [0.29, 0.717) is 12.6 Å². The average molecular weight is 504 g/mol. The molecule has 1 unspecified atom stereocenters. The number of rotatable bonds is 6. The van der Waals surface area contributed by atoms with E-state index in [2.05, 4.69) is 39.8 Å². The summed E-state index contributed by atoms with van der Waals surface area (Å²) in [5.74, 6) is -7.28. The number of nitrogens with one attached hydrogen (secondary N) is 2. The Morgan fingerprint density at radius 2 is 1.36 bits per heavy atom. The molecule has 0 spiro atoms. The highest BCUT2D eigenvalue weighted by molar-refractivity contribution is 6.27. The third-order valence-corrected chi connectivity index (χ3v) is 4.77. The fourth-order valence-corrected chi connectivity index (χ4v) is 3.06. The molecule has 1 aliphatic heterocycles. The summed E-state index contributed by atoms with van der Waals surface area (Å²) >= 11 is 0. The number of aryl methyl sites for hydroxylation is 1. The molecule has 194 valence electrons. The van der Waals surface area contributed by atoms with Crippen molar-refractivity contribution >= 4 is 35.5 Å². The predicted octanol–water partition coefficient (Wildman–Crippen LogP) is 1.11. The van der Waals surface area contributed by atoms with Crippen molar-refractivity contribution in [3.8, 4) is 0 Å². The SMILES string of the molecule is Cc1ccc(NC(=O)CNC2CCN(Cc3ccccc3)C2)cc1.O=C(O)C(=O)O.O=C(O)C(=O)O. The molecule has 1 atom stereocenters. The van der Waals surface area contributed by atoms with Gasteiger partial charge in [0.1, 0.15) is 0 Å². The molecule has 3 rings (SSSR count). The fourth-order valence-electron chi connectivity index (χ4n) is 3.06. The van der Waals surface area contributed by atoms with E-state index in [9.17, 15) is 4.79 Å². The van der Waals surface area contributed by atoms with Gasteiger partial charge in [0.25, 0.3) is 0 Å². The molecule has 6 N–H and O–H groups in total. The molecule has 0 aliphatic carbocycles. The normalized spacial score (nSPS) is 14.3. The minimum absolute atomic E-state index is 0.0142. The number of aliphatic carboxylic acids is 4. The first kappa shape index (κ1) is 29.7. The summed E-state index contributed by atoms with van der Waals surface area (Å²) in [6.45, 7) is 5.44. The Labute approximate surface area is 207 Å². The number of hydrogen-bond donors (Lipinski definition) is 6. The molecular weight excluding hydrogens is 474 g/mol. The quantitative estimate of drug-likeness (QED) is 0.309. The first-order chi connectivity index (χ1) is 17.0. The van der Waals surface area contributed by atoms with Gasteiger partial charge in [0, 0.05) is 31.4 Å². The van der Waals surface area contributed by atoms with Crippen molar-refractivity contribution in [1.82, 2.24) is 10.2 Å². The Bertz CT molecular complexity index is 979. The van der Waals surface area contributed by atoms with E-state index in [-0.39, 0.29) is 5.91 Å². The lowest BCUT2D eigenvalue weighted by atomic mass is 10.2. The van der Waals surface area contributed by atoms with E-state index >= 15 is 0 Å². The maximum atomic E-state index is 12.0. The van der Waals surface area contributed by atoms with Gasteiger partial charge in [-0.15, -0.1) is 0 Å². The third kappa shape index (κ3) is 12.8. The smallest absolute Gasteiger partial charge is 0.414 e. The van der Waals surface area contributed by atoms with Crippen LogP contribution in [0.15, 0.2) is 54.6 Å². The van der Waals surface area contributed by atoms with Crippen LogP contribution in [-0.4, -0.2) is 80.8 Å². The van der Waals surface area contributed by atoms with Crippen molar-refractivity contribution in [3.63, 3.8) is 0 Å². The highest BCUT2D eigenvalue weighted by atomic mass is 16.4. The molecule has 0 aromatic heterocycles. The van der Waals surface area contributed by atoms with E-state index in [4.69, 9.17) is 39.6 Å². The van der Waals surface area contributed by atoms with Gasteiger partial charge in [-0.3, -0.25) is 9.69 Å². The lowest BCUT2D eigenvalue weighted by Crippen LogP contribution is -2.37. The zero-order valence-electron chi connectivity index (χ0n) is 19.6. The highest BCUT2D eigenvalue weighted by Crippen LogP contribution is 2.13. The zero-order chi connectivity index (χ0) is 27.1. The molecule has 1 fully saturated rings. The molecule has 0 bridgehead atoms. The van der Waals surface area contributed by atoms with Gasteiger partial charge in [0.15, 0.2) is 0 Å². The molecular formula is C24H29N3O9. The van der Waals surface area contributed by atoms with Crippen LogP contribution in [0.2, 0.25) is 0 Å². The second-order valence-corrected chi connectivity index (χ2v) is 7.72. The molecule has 1 saturated heterocycles. The largest absolute Gasteiger partial charge is 0.473 e. The maximum Gasteiger partial charge on any atom is 0.414 e. The molecule has 0 radical (unpaired) electrons. The molecule has 1 heterocycles. The Morgan fingerprint density at radius 1 is 0.833 bits per heavy atom. The van der Waals surface area contributed by atoms with Crippen LogP contribution >= 0.6 is 0 Å². The minimum atomic E-state index is -1.82. The number of likely N-dealkylation sites (tertiary alicyclic amines) is 1. The van der Waals surface area contributed by atoms with Crippen molar-refractivity contribution in [2.75, 3.05) is 25.0 Å². The molecule has 2 aromatic rings. The Morgan fingerprint density at radius 3 is 1.86 bits per heavy atom.